The van der Waals surface area contributed by atoms with Gasteiger partial charge >= 0.3 is 5.97 Å². The van der Waals surface area contributed by atoms with E-state index < -0.39 is 34.3 Å². The van der Waals surface area contributed by atoms with Gasteiger partial charge in [0.25, 0.3) is 15.9 Å². The highest BCUT2D eigenvalue weighted by molar-refractivity contribution is 7.92. The number of carbonyl (C=O) groups is 2. The highest BCUT2D eigenvalue weighted by atomic mass is 32.2. The lowest BCUT2D eigenvalue weighted by molar-refractivity contribution is -0.124. The lowest BCUT2D eigenvalue weighted by Gasteiger charge is -2.14. The fraction of sp³-hybridized carbons (Fsp3) is 0.231. The van der Waals surface area contributed by atoms with E-state index in [0.717, 1.165) is 30.2 Å². The number of aromatic hydroxyl groups is 1. The number of phenols is 1. The van der Waals surface area contributed by atoms with Gasteiger partial charge in [-0.25, -0.2) is 13.2 Å². The Balaban J connectivity index is 1.60. The molecule has 3 N–H and O–H groups in total. The fourth-order valence-corrected chi connectivity index (χ4v) is 4.50. The zero-order valence-corrected chi connectivity index (χ0v) is 20.7. The number of methoxy groups -OCH3 is 1. The number of nitrogens with one attached hydrogen (secondary N) is 2. The molecular formula is C26H28N2O7S. The standard InChI is InChI=1S/C26H28N2O7S/c1-18(12-13-19-8-4-3-5-9-19)27-25(30)17-35-26(31)21-16-20(14-15-23(21)29)36(32,33)28-22-10-6-7-11-24(22)34-2/h3-11,14-16,18,28-29H,12-13,17H2,1-2H3,(H,27,30)/t18-/m1/s1. The lowest BCUT2D eigenvalue weighted by Crippen LogP contribution is -2.36. The number of para-hydroxylation sites is 2. The maximum Gasteiger partial charge on any atom is 0.342 e. The Morgan fingerprint density at radius 1 is 1.00 bits per heavy atom. The molecule has 0 bridgehead atoms. The monoisotopic (exact) mass is 512 g/mol. The molecule has 3 rings (SSSR count). The molecule has 0 heterocycles. The first-order valence-corrected chi connectivity index (χ1v) is 12.7. The summed E-state index contributed by atoms with van der Waals surface area (Å²) in [5.74, 6) is -1.71. The number of phenolic OH excluding ortho intramolecular Hbond substituents is 1. The molecule has 0 aliphatic carbocycles. The minimum Gasteiger partial charge on any atom is -0.507 e. The molecule has 0 saturated heterocycles. The average Bonchev–Trinajstić information content (AvgIpc) is 2.87. The van der Waals surface area contributed by atoms with Crippen LogP contribution in [-0.2, 0) is 26.0 Å². The second-order valence-corrected chi connectivity index (χ2v) is 9.74. The van der Waals surface area contributed by atoms with Crippen molar-refractivity contribution in [2.75, 3.05) is 18.4 Å². The van der Waals surface area contributed by atoms with Crippen LogP contribution in [0.5, 0.6) is 11.5 Å². The number of esters is 1. The van der Waals surface area contributed by atoms with Gasteiger partial charge in [-0.05, 0) is 55.7 Å². The van der Waals surface area contributed by atoms with E-state index in [1.165, 1.54) is 13.2 Å². The number of hydrogen-bond acceptors (Lipinski definition) is 7. The van der Waals surface area contributed by atoms with Crippen molar-refractivity contribution in [2.45, 2.75) is 30.7 Å². The van der Waals surface area contributed by atoms with Crippen molar-refractivity contribution in [3.8, 4) is 11.5 Å². The summed E-state index contributed by atoms with van der Waals surface area (Å²) < 4.78 is 38.2. The van der Waals surface area contributed by atoms with Gasteiger partial charge < -0.3 is 19.9 Å². The van der Waals surface area contributed by atoms with Crippen molar-refractivity contribution in [1.29, 1.82) is 0 Å². The Morgan fingerprint density at radius 3 is 2.42 bits per heavy atom. The van der Waals surface area contributed by atoms with Crippen LogP contribution in [0.2, 0.25) is 0 Å². The molecule has 0 saturated carbocycles. The average molecular weight is 513 g/mol. The maximum absolute atomic E-state index is 12.8. The summed E-state index contributed by atoms with van der Waals surface area (Å²) in [6, 6.07) is 19.3. The van der Waals surface area contributed by atoms with Gasteiger partial charge in [-0.15, -0.1) is 0 Å². The molecular weight excluding hydrogens is 484 g/mol. The van der Waals surface area contributed by atoms with Crippen LogP contribution < -0.4 is 14.8 Å². The molecule has 9 nitrogen and oxygen atoms in total. The normalized spacial score (nSPS) is 11.8. The third kappa shape index (κ3) is 7.22. The van der Waals surface area contributed by atoms with E-state index in [4.69, 9.17) is 9.47 Å². The van der Waals surface area contributed by atoms with Crippen molar-refractivity contribution < 1.29 is 32.6 Å². The molecule has 3 aromatic rings. The summed E-state index contributed by atoms with van der Waals surface area (Å²) in [6.07, 6.45) is 1.48. The summed E-state index contributed by atoms with van der Waals surface area (Å²) in [5.41, 5.74) is 0.966. The third-order valence-corrected chi connectivity index (χ3v) is 6.66. The molecule has 0 radical (unpaired) electrons. The smallest absolute Gasteiger partial charge is 0.342 e. The molecule has 3 aromatic carbocycles. The molecule has 0 aliphatic heterocycles. The first kappa shape index (κ1) is 26.6. The van der Waals surface area contributed by atoms with Gasteiger partial charge in [0, 0.05) is 6.04 Å². The van der Waals surface area contributed by atoms with Crippen LogP contribution in [0, 0.1) is 0 Å². The van der Waals surface area contributed by atoms with Crippen LogP contribution in [0.3, 0.4) is 0 Å². The number of benzene rings is 3. The van der Waals surface area contributed by atoms with E-state index >= 15 is 0 Å². The topological polar surface area (TPSA) is 131 Å². The predicted octanol–water partition coefficient (Wildman–Crippen LogP) is 3.50. The molecule has 0 unspecified atom stereocenters. The summed E-state index contributed by atoms with van der Waals surface area (Å²) in [7, 11) is -2.72. The van der Waals surface area contributed by atoms with E-state index in [0.29, 0.717) is 12.2 Å². The highest BCUT2D eigenvalue weighted by Crippen LogP contribution is 2.28. The number of ether oxygens (including phenoxy) is 2. The summed E-state index contributed by atoms with van der Waals surface area (Å²) >= 11 is 0. The van der Waals surface area contributed by atoms with Crippen LogP contribution in [0.1, 0.15) is 29.3 Å². The fourth-order valence-electron chi connectivity index (χ4n) is 3.40. The minimum atomic E-state index is -4.12. The maximum atomic E-state index is 12.8. The summed E-state index contributed by atoms with van der Waals surface area (Å²) in [4.78, 5) is 24.4. The van der Waals surface area contributed by atoms with Gasteiger partial charge in [0.05, 0.1) is 17.7 Å². The SMILES string of the molecule is COc1ccccc1NS(=O)(=O)c1ccc(O)c(C(=O)OCC(=O)N[C@H](C)CCc2ccccc2)c1. The van der Waals surface area contributed by atoms with E-state index in [1.807, 2.05) is 37.3 Å². The number of rotatable bonds is 11. The first-order valence-electron chi connectivity index (χ1n) is 11.2. The van der Waals surface area contributed by atoms with Gasteiger partial charge in [-0.3, -0.25) is 9.52 Å². The quantitative estimate of drug-likeness (QED) is 0.335. The summed E-state index contributed by atoms with van der Waals surface area (Å²) in [6.45, 7) is 1.27. The Bertz CT molecular complexity index is 1310. The van der Waals surface area contributed by atoms with Crippen molar-refractivity contribution in [2.24, 2.45) is 0 Å². The number of aryl methyl sites for hydroxylation is 1. The van der Waals surface area contributed by atoms with Gasteiger partial charge in [0.1, 0.15) is 17.1 Å². The van der Waals surface area contributed by atoms with Crippen LogP contribution in [0.15, 0.2) is 77.7 Å². The predicted molar refractivity (Wildman–Crippen MR) is 135 cm³/mol. The molecule has 1 atom stereocenters. The van der Waals surface area contributed by atoms with Crippen molar-refractivity contribution in [3.63, 3.8) is 0 Å². The van der Waals surface area contributed by atoms with E-state index in [1.54, 1.807) is 18.2 Å². The highest BCUT2D eigenvalue weighted by Gasteiger charge is 2.22. The number of hydrogen-bond donors (Lipinski definition) is 3. The molecule has 0 aromatic heterocycles. The molecule has 0 fully saturated rings. The Kier molecular flexibility index (Phi) is 8.91. The second kappa shape index (κ2) is 12.1. The number of sulfonamides is 1. The minimum absolute atomic E-state index is 0.153. The number of carbonyl (C=O) groups excluding carboxylic acids is 2. The molecule has 10 heteroatoms. The van der Waals surface area contributed by atoms with Crippen LogP contribution in [-0.4, -0.2) is 45.2 Å². The molecule has 0 spiro atoms. The van der Waals surface area contributed by atoms with Crippen molar-refractivity contribution in [1.82, 2.24) is 5.32 Å². The van der Waals surface area contributed by atoms with E-state index in [2.05, 4.69) is 10.0 Å². The van der Waals surface area contributed by atoms with Gasteiger partial charge in [0.2, 0.25) is 0 Å². The molecule has 0 aliphatic rings. The lowest BCUT2D eigenvalue weighted by atomic mass is 10.1. The second-order valence-electron chi connectivity index (χ2n) is 8.05. The van der Waals surface area contributed by atoms with Crippen molar-refractivity contribution in [3.05, 3.63) is 83.9 Å². The third-order valence-electron chi connectivity index (χ3n) is 5.30. The zero-order valence-electron chi connectivity index (χ0n) is 19.9. The zero-order chi connectivity index (χ0) is 26.1. The van der Waals surface area contributed by atoms with Gasteiger partial charge in [-0.2, -0.15) is 0 Å². The Labute approximate surface area is 210 Å². The number of anilines is 1. The van der Waals surface area contributed by atoms with E-state index in [-0.39, 0.29) is 22.2 Å². The van der Waals surface area contributed by atoms with Crippen LogP contribution >= 0.6 is 0 Å². The van der Waals surface area contributed by atoms with Gasteiger partial charge in [0.15, 0.2) is 6.61 Å². The van der Waals surface area contributed by atoms with Gasteiger partial charge in [-0.1, -0.05) is 42.5 Å². The Morgan fingerprint density at radius 2 is 1.69 bits per heavy atom. The Hall–Kier alpha value is -4.05. The van der Waals surface area contributed by atoms with Crippen molar-refractivity contribution >= 4 is 27.6 Å². The van der Waals surface area contributed by atoms with E-state index in [9.17, 15) is 23.1 Å². The summed E-state index contributed by atoms with van der Waals surface area (Å²) in [5, 5.41) is 12.8. The van der Waals surface area contributed by atoms with Crippen LogP contribution in [0.25, 0.3) is 0 Å². The first-order chi connectivity index (χ1) is 17.2. The molecule has 190 valence electrons. The molecule has 1 amide bonds. The molecule has 36 heavy (non-hydrogen) atoms. The number of amides is 1. The largest absolute Gasteiger partial charge is 0.507 e. The van der Waals surface area contributed by atoms with Crippen LogP contribution in [0.4, 0.5) is 5.69 Å².